The lowest BCUT2D eigenvalue weighted by atomic mass is 9.88. The molecule has 3 aromatic rings. The Morgan fingerprint density at radius 3 is 2.83 bits per heavy atom. The van der Waals surface area contributed by atoms with Gasteiger partial charge in [-0.2, -0.15) is 5.10 Å². The van der Waals surface area contributed by atoms with E-state index in [9.17, 15) is 9.18 Å². The number of anilines is 1. The van der Waals surface area contributed by atoms with Crippen molar-refractivity contribution in [3.05, 3.63) is 64.8 Å². The van der Waals surface area contributed by atoms with E-state index < -0.39 is 17.3 Å². The summed E-state index contributed by atoms with van der Waals surface area (Å²) in [5, 5.41) is 9.82. The fourth-order valence-electron chi connectivity index (χ4n) is 3.24. The molecule has 0 radical (unpaired) electrons. The number of pyridine rings is 1. The number of hydrogen-bond acceptors (Lipinski definition) is 6. The molecule has 1 aromatic carbocycles. The van der Waals surface area contributed by atoms with Crippen LogP contribution in [-0.2, 0) is 10.3 Å². The number of aromatic amines is 1. The number of ether oxygens (including phenoxy) is 1. The number of nitrogens with one attached hydrogen (secondary N) is 2. The van der Waals surface area contributed by atoms with Gasteiger partial charge in [0.2, 0.25) is 0 Å². The molecule has 0 bridgehead atoms. The summed E-state index contributed by atoms with van der Waals surface area (Å²) in [7, 11) is 0. The number of amidine groups is 1. The Bertz CT molecular complexity index is 1130. The van der Waals surface area contributed by atoms with Crippen LogP contribution in [0.25, 0.3) is 11.3 Å². The summed E-state index contributed by atoms with van der Waals surface area (Å²) in [5.41, 5.74) is 7.03. The first-order valence-corrected chi connectivity index (χ1v) is 9.48. The van der Waals surface area contributed by atoms with Crippen LogP contribution in [-0.4, -0.2) is 33.7 Å². The molecule has 0 unspecified atom stereocenters. The number of benzene rings is 1. The second-order valence-corrected chi connectivity index (χ2v) is 7.40. The van der Waals surface area contributed by atoms with E-state index in [-0.39, 0.29) is 11.7 Å². The Morgan fingerprint density at radius 2 is 2.17 bits per heavy atom. The Hall–Kier alpha value is -3.46. The number of carbonyl (C=O) groups is 1. The van der Waals surface area contributed by atoms with Crippen molar-refractivity contribution in [1.29, 1.82) is 0 Å². The molecule has 10 heteroatoms. The number of amides is 1. The molecule has 30 heavy (non-hydrogen) atoms. The van der Waals surface area contributed by atoms with Crippen molar-refractivity contribution in [3.63, 3.8) is 0 Å². The van der Waals surface area contributed by atoms with Crippen LogP contribution in [0.2, 0.25) is 5.02 Å². The summed E-state index contributed by atoms with van der Waals surface area (Å²) in [6.07, 6.45) is 3.46. The summed E-state index contributed by atoms with van der Waals surface area (Å²) in [6.45, 7) is 2.10. The third-order valence-corrected chi connectivity index (χ3v) is 5.16. The summed E-state index contributed by atoms with van der Waals surface area (Å²) >= 11 is 6.04. The van der Waals surface area contributed by atoms with Crippen LogP contribution in [0.15, 0.2) is 47.7 Å². The molecule has 0 saturated carbocycles. The highest BCUT2D eigenvalue weighted by atomic mass is 35.5. The van der Waals surface area contributed by atoms with Crippen LogP contribution in [0.1, 0.15) is 29.4 Å². The lowest BCUT2D eigenvalue weighted by Crippen LogP contribution is -2.34. The molecule has 4 N–H and O–H groups in total. The molecule has 0 saturated heterocycles. The number of H-pyrrole nitrogens is 1. The normalized spacial score (nSPS) is 18.4. The van der Waals surface area contributed by atoms with E-state index in [0.717, 1.165) is 0 Å². The second-order valence-electron chi connectivity index (χ2n) is 7.00. The maximum absolute atomic E-state index is 14.5. The smallest absolute Gasteiger partial charge is 0.282 e. The lowest BCUT2D eigenvalue weighted by Gasteiger charge is -2.30. The van der Waals surface area contributed by atoms with Gasteiger partial charge >= 0.3 is 0 Å². The molecule has 0 spiro atoms. The van der Waals surface area contributed by atoms with E-state index in [2.05, 4.69) is 25.5 Å². The molecule has 0 fully saturated rings. The van der Waals surface area contributed by atoms with Gasteiger partial charge in [0.1, 0.15) is 11.5 Å². The van der Waals surface area contributed by atoms with Gasteiger partial charge in [0, 0.05) is 29.4 Å². The minimum atomic E-state index is -0.879. The van der Waals surface area contributed by atoms with Crippen molar-refractivity contribution in [2.75, 3.05) is 11.9 Å². The van der Waals surface area contributed by atoms with Gasteiger partial charge in [-0.1, -0.05) is 11.6 Å². The summed E-state index contributed by atoms with van der Waals surface area (Å²) in [5.74, 6) is -0.872. The first-order chi connectivity index (χ1) is 14.4. The van der Waals surface area contributed by atoms with Gasteiger partial charge in [-0.3, -0.25) is 14.9 Å². The van der Waals surface area contributed by atoms with Crippen molar-refractivity contribution >= 4 is 29.2 Å². The predicted octanol–water partition coefficient (Wildman–Crippen LogP) is 3.47. The molecule has 3 heterocycles. The Balaban J connectivity index is 1.55. The molecule has 2 aromatic heterocycles. The van der Waals surface area contributed by atoms with E-state index in [1.807, 2.05) is 0 Å². The second kappa shape index (κ2) is 7.75. The highest BCUT2D eigenvalue weighted by molar-refractivity contribution is 6.32. The number of nitrogens with zero attached hydrogens (tertiary/aromatic N) is 3. The van der Waals surface area contributed by atoms with Crippen molar-refractivity contribution in [1.82, 2.24) is 15.2 Å². The largest absolute Gasteiger partial charge is 0.465 e. The molecule has 1 amide bonds. The average Bonchev–Trinajstić information content (AvgIpc) is 3.15. The van der Waals surface area contributed by atoms with Crippen molar-refractivity contribution in [2.45, 2.75) is 18.9 Å². The number of hydrogen-bond donors (Lipinski definition) is 3. The van der Waals surface area contributed by atoms with E-state index in [0.29, 0.717) is 40.6 Å². The van der Waals surface area contributed by atoms with Gasteiger partial charge in [-0.05, 0) is 37.3 Å². The molecule has 8 nitrogen and oxygen atoms in total. The molecular formula is C20H18ClFN6O2. The van der Waals surface area contributed by atoms with Gasteiger partial charge in [0.25, 0.3) is 11.9 Å². The van der Waals surface area contributed by atoms with E-state index in [1.54, 1.807) is 25.1 Å². The van der Waals surface area contributed by atoms with Crippen molar-refractivity contribution in [3.8, 4) is 11.3 Å². The average molecular weight is 429 g/mol. The number of nitrogens with two attached hydrogens (primary N) is 1. The summed E-state index contributed by atoms with van der Waals surface area (Å²) in [4.78, 5) is 21.0. The molecule has 1 atom stereocenters. The van der Waals surface area contributed by atoms with Gasteiger partial charge in [0.15, 0.2) is 0 Å². The topological polar surface area (TPSA) is 118 Å². The van der Waals surface area contributed by atoms with Crippen molar-refractivity contribution in [2.24, 2.45) is 10.7 Å². The van der Waals surface area contributed by atoms with Gasteiger partial charge in [-0.15, -0.1) is 0 Å². The lowest BCUT2D eigenvalue weighted by molar-refractivity contribution is 0.102. The monoisotopic (exact) mass is 428 g/mol. The van der Waals surface area contributed by atoms with Gasteiger partial charge in [-0.25, -0.2) is 9.38 Å². The minimum Gasteiger partial charge on any atom is -0.465 e. The van der Waals surface area contributed by atoms with Crippen LogP contribution in [0.5, 0.6) is 0 Å². The van der Waals surface area contributed by atoms with E-state index in [1.165, 1.54) is 24.5 Å². The number of carbonyl (C=O) groups excluding carboxylic acids is 1. The number of halogens is 2. The first kappa shape index (κ1) is 19.8. The zero-order valence-electron chi connectivity index (χ0n) is 15.9. The van der Waals surface area contributed by atoms with Crippen LogP contribution in [0.3, 0.4) is 0 Å². The quantitative estimate of drug-likeness (QED) is 0.588. The Labute approximate surface area is 176 Å². The van der Waals surface area contributed by atoms with Crippen LogP contribution >= 0.6 is 11.6 Å². The van der Waals surface area contributed by atoms with Crippen LogP contribution in [0.4, 0.5) is 10.1 Å². The molecule has 1 aliphatic heterocycles. The molecule has 0 aliphatic carbocycles. The zero-order chi connectivity index (χ0) is 21.3. The minimum absolute atomic E-state index is 0.0132. The SMILES string of the molecule is C[C@@]1(c2cc(NC(=O)c3ccc(-c4[nH]ncc4Cl)cn3)ccc2F)CCOC(N)=N1. The number of rotatable bonds is 4. The maximum Gasteiger partial charge on any atom is 0.282 e. The van der Waals surface area contributed by atoms with E-state index >= 15 is 0 Å². The fraction of sp³-hybridized carbons (Fsp3) is 0.200. The predicted molar refractivity (Wildman–Crippen MR) is 111 cm³/mol. The fourth-order valence-corrected chi connectivity index (χ4v) is 3.44. The number of aromatic nitrogens is 3. The third kappa shape index (κ3) is 3.84. The summed E-state index contributed by atoms with van der Waals surface area (Å²) < 4.78 is 19.6. The van der Waals surface area contributed by atoms with Crippen molar-refractivity contribution < 1.29 is 13.9 Å². The standard InChI is InChI=1S/C20H18ClFN6O2/c1-20(6-7-30-19(23)27-20)13-8-12(3-4-15(13)22)26-18(29)16-5-2-11(9-24-16)17-14(21)10-25-28-17/h2-5,8-10H,6-7H2,1H3,(H2,23,27)(H,25,28)(H,26,29)/t20-/m0/s1. The van der Waals surface area contributed by atoms with Gasteiger partial charge < -0.3 is 15.8 Å². The van der Waals surface area contributed by atoms with Crippen LogP contribution < -0.4 is 11.1 Å². The third-order valence-electron chi connectivity index (χ3n) is 4.88. The highest BCUT2D eigenvalue weighted by Gasteiger charge is 2.33. The highest BCUT2D eigenvalue weighted by Crippen LogP contribution is 2.35. The molecule has 1 aliphatic rings. The van der Waals surface area contributed by atoms with Crippen LogP contribution in [0, 0.1) is 5.82 Å². The zero-order valence-corrected chi connectivity index (χ0v) is 16.7. The van der Waals surface area contributed by atoms with E-state index in [4.69, 9.17) is 22.1 Å². The molecule has 4 rings (SSSR count). The maximum atomic E-state index is 14.5. The Morgan fingerprint density at radius 1 is 1.33 bits per heavy atom. The van der Waals surface area contributed by atoms with Gasteiger partial charge in [0.05, 0.1) is 29.1 Å². The molecule has 154 valence electrons. The summed E-state index contributed by atoms with van der Waals surface area (Å²) in [6, 6.07) is 7.60. The Kier molecular flexibility index (Phi) is 5.13. The first-order valence-electron chi connectivity index (χ1n) is 9.10. The molecular weight excluding hydrogens is 411 g/mol. The number of aliphatic imine (C=N–C) groups is 1.